The zero-order valence-corrected chi connectivity index (χ0v) is 21.4. The molecule has 0 unspecified atom stereocenters. The van der Waals surface area contributed by atoms with Crippen molar-refractivity contribution >= 4 is 5.69 Å². The first-order chi connectivity index (χ1) is 15.7. The fourth-order valence-electron chi connectivity index (χ4n) is 4.98. The van der Waals surface area contributed by atoms with E-state index in [0.717, 1.165) is 18.5 Å². The van der Waals surface area contributed by atoms with Crippen molar-refractivity contribution in [1.82, 2.24) is 0 Å². The lowest BCUT2D eigenvalue weighted by molar-refractivity contribution is 0.638. The molecule has 2 N–H and O–H groups in total. The number of rotatable bonds is 17. The smallest absolute Gasteiger partial charge is 0.0352 e. The lowest BCUT2D eigenvalue weighted by Gasteiger charge is -2.22. The molecule has 0 aliphatic rings. The fourth-order valence-corrected chi connectivity index (χ4v) is 4.98. The second kappa shape index (κ2) is 15.9. The molecular weight excluding hydrogens is 386 g/mol. The van der Waals surface area contributed by atoms with Gasteiger partial charge in [-0.05, 0) is 78.8 Å². The Kier molecular flexibility index (Phi) is 13.2. The molecule has 1 heteroatoms. The maximum atomic E-state index is 6.77. The van der Waals surface area contributed by atoms with Crippen LogP contribution in [-0.2, 0) is 25.7 Å². The van der Waals surface area contributed by atoms with Crippen LogP contribution in [-0.4, -0.2) is 0 Å². The van der Waals surface area contributed by atoms with Crippen molar-refractivity contribution in [2.45, 2.75) is 124 Å². The first-order valence-corrected chi connectivity index (χ1v) is 13.7. The predicted octanol–water partition coefficient (Wildman–Crippen LogP) is 9.23. The number of hydrogen-bond acceptors (Lipinski definition) is 1. The van der Waals surface area contributed by atoms with Crippen molar-refractivity contribution in [3.8, 4) is 0 Å². The van der Waals surface area contributed by atoms with Gasteiger partial charge in [-0.3, -0.25) is 0 Å². The van der Waals surface area contributed by atoms with Crippen molar-refractivity contribution in [3.63, 3.8) is 0 Å². The molecule has 0 atom stereocenters. The molecule has 0 saturated heterocycles. The summed E-state index contributed by atoms with van der Waals surface area (Å²) in [6.07, 6.45) is 20.4. The van der Waals surface area contributed by atoms with Gasteiger partial charge in [-0.2, -0.15) is 0 Å². The quantitative estimate of drug-likeness (QED) is 0.194. The van der Waals surface area contributed by atoms with E-state index in [-0.39, 0.29) is 0 Å². The average Bonchev–Trinajstić information content (AvgIpc) is 2.80. The zero-order valence-electron chi connectivity index (χ0n) is 21.4. The lowest BCUT2D eigenvalue weighted by Crippen LogP contribution is -2.10. The number of benzene rings is 2. The Bertz CT molecular complexity index is 747. The van der Waals surface area contributed by atoms with Gasteiger partial charge in [0, 0.05) is 5.69 Å². The van der Waals surface area contributed by atoms with Gasteiger partial charge < -0.3 is 5.73 Å². The molecule has 0 saturated carbocycles. The van der Waals surface area contributed by atoms with E-state index in [9.17, 15) is 0 Å². The molecule has 32 heavy (non-hydrogen) atoms. The van der Waals surface area contributed by atoms with Gasteiger partial charge in [0.25, 0.3) is 0 Å². The minimum absolute atomic E-state index is 1.01. The molecule has 1 nitrogen and oxygen atoms in total. The van der Waals surface area contributed by atoms with Crippen LogP contribution in [0.1, 0.15) is 126 Å². The van der Waals surface area contributed by atoms with Crippen LogP contribution < -0.4 is 5.73 Å². The van der Waals surface area contributed by atoms with Gasteiger partial charge in [0.05, 0.1) is 0 Å². The van der Waals surface area contributed by atoms with Crippen molar-refractivity contribution in [2.75, 3.05) is 5.73 Å². The van der Waals surface area contributed by atoms with E-state index in [1.807, 2.05) is 0 Å². The molecule has 0 aliphatic heterocycles. The van der Waals surface area contributed by atoms with Crippen molar-refractivity contribution in [1.29, 1.82) is 0 Å². The van der Waals surface area contributed by atoms with E-state index in [0.29, 0.717) is 0 Å². The Balaban J connectivity index is 2.37. The SMILES string of the molecule is CCCCCCc1c(N)cc(Cc2ccccc2)c(CCCCCC)c1CCCCCC. The Morgan fingerprint density at radius 3 is 1.59 bits per heavy atom. The first-order valence-electron chi connectivity index (χ1n) is 13.7. The van der Waals surface area contributed by atoms with Gasteiger partial charge in [0.2, 0.25) is 0 Å². The van der Waals surface area contributed by atoms with Crippen LogP contribution in [0.5, 0.6) is 0 Å². The van der Waals surface area contributed by atoms with Crippen molar-refractivity contribution in [2.24, 2.45) is 0 Å². The molecule has 2 aromatic rings. The molecule has 178 valence electrons. The standard InChI is InChI=1S/C31H49N/c1-4-7-10-16-21-28-27(24-26-19-14-13-15-20-26)25-31(32)30(23-18-12-9-6-3)29(28)22-17-11-8-5-2/h13-15,19-20,25H,4-12,16-18,21-24,32H2,1-3H3. The highest BCUT2D eigenvalue weighted by atomic mass is 14.6. The Morgan fingerprint density at radius 2 is 1.06 bits per heavy atom. The monoisotopic (exact) mass is 435 g/mol. The summed E-state index contributed by atoms with van der Waals surface area (Å²) in [5.74, 6) is 0. The topological polar surface area (TPSA) is 26.0 Å². The van der Waals surface area contributed by atoms with Crippen LogP contribution in [0.4, 0.5) is 5.69 Å². The molecule has 0 aromatic heterocycles. The molecule has 0 amide bonds. The third-order valence-corrected chi connectivity index (χ3v) is 6.87. The maximum Gasteiger partial charge on any atom is 0.0352 e. The molecule has 0 bridgehead atoms. The van der Waals surface area contributed by atoms with E-state index in [2.05, 4.69) is 57.2 Å². The molecular formula is C31H49N. The van der Waals surface area contributed by atoms with Gasteiger partial charge in [-0.25, -0.2) is 0 Å². The number of unbranched alkanes of at least 4 members (excludes halogenated alkanes) is 9. The second-order valence-electron chi connectivity index (χ2n) is 9.65. The minimum atomic E-state index is 1.01. The molecule has 0 radical (unpaired) electrons. The van der Waals surface area contributed by atoms with Crippen molar-refractivity contribution in [3.05, 3.63) is 64.2 Å². The molecule has 2 aromatic carbocycles. The van der Waals surface area contributed by atoms with Gasteiger partial charge in [0.15, 0.2) is 0 Å². The maximum absolute atomic E-state index is 6.77. The molecule has 0 heterocycles. The van der Waals surface area contributed by atoms with E-state index >= 15 is 0 Å². The van der Waals surface area contributed by atoms with Gasteiger partial charge in [0.1, 0.15) is 0 Å². The number of anilines is 1. The molecule has 2 rings (SSSR count). The highest BCUT2D eigenvalue weighted by Gasteiger charge is 2.17. The van der Waals surface area contributed by atoms with Crippen LogP contribution in [0.3, 0.4) is 0 Å². The van der Waals surface area contributed by atoms with Gasteiger partial charge in [-0.1, -0.05) is 109 Å². The zero-order chi connectivity index (χ0) is 23.0. The Morgan fingerprint density at radius 1 is 0.562 bits per heavy atom. The van der Waals surface area contributed by atoms with Gasteiger partial charge >= 0.3 is 0 Å². The lowest BCUT2D eigenvalue weighted by atomic mass is 9.84. The minimum Gasteiger partial charge on any atom is -0.398 e. The van der Waals surface area contributed by atoms with Crippen molar-refractivity contribution < 1.29 is 0 Å². The Labute approximate surface area is 199 Å². The van der Waals surface area contributed by atoms with E-state index < -0.39 is 0 Å². The number of nitrogens with two attached hydrogens (primary N) is 1. The predicted molar refractivity (Wildman–Crippen MR) is 144 cm³/mol. The highest BCUT2D eigenvalue weighted by molar-refractivity contribution is 5.58. The number of hydrogen-bond donors (Lipinski definition) is 1. The van der Waals surface area contributed by atoms with E-state index in [1.54, 1.807) is 11.1 Å². The second-order valence-corrected chi connectivity index (χ2v) is 9.65. The fraction of sp³-hybridized carbons (Fsp3) is 0.613. The largest absolute Gasteiger partial charge is 0.398 e. The van der Waals surface area contributed by atoms with E-state index in [1.165, 1.54) is 107 Å². The van der Waals surface area contributed by atoms with Crippen LogP contribution in [0, 0.1) is 0 Å². The van der Waals surface area contributed by atoms with Crippen LogP contribution in [0.15, 0.2) is 36.4 Å². The summed E-state index contributed by atoms with van der Waals surface area (Å²) in [6, 6.07) is 13.3. The van der Waals surface area contributed by atoms with Crippen LogP contribution >= 0.6 is 0 Å². The summed E-state index contributed by atoms with van der Waals surface area (Å²) < 4.78 is 0. The summed E-state index contributed by atoms with van der Waals surface area (Å²) in [6.45, 7) is 6.90. The third-order valence-electron chi connectivity index (χ3n) is 6.87. The first kappa shape index (κ1) is 26.5. The number of nitrogen functional groups attached to an aromatic ring is 1. The summed E-state index contributed by atoms with van der Waals surface area (Å²) in [5, 5.41) is 0. The molecule has 0 spiro atoms. The summed E-state index contributed by atoms with van der Waals surface area (Å²) in [5.41, 5.74) is 15.4. The van der Waals surface area contributed by atoms with Crippen LogP contribution in [0.2, 0.25) is 0 Å². The van der Waals surface area contributed by atoms with E-state index in [4.69, 9.17) is 5.73 Å². The summed E-state index contributed by atoms with van der Waals surface area (Å²) in [7, 11) is 0. The summed E-state index contributed by atoms with van der Waals surface area (Å²) >= 11 is 0. The Hall–Kier alpha value is -1.76. The normalized spacial score (nSPS) is 11.2. The molecule has 0 fully saturated rings. The third kappa shape index (κ3) is 9.00. The van der Waals surface area contributed by atoms with Crippen LogP contribution in [0.25, 0.3) is 0 Å². The average molecular weight is 436 g/mol. The summed E-state index contributed by atoms with van der Waals surface area (Å²) in [4.78, 5) is 0. The molecule has 0 aliphatic carbocycles. The highest BCUT2D eigenvalue weighted by Crippen LogP contribution is 2.32. The van der Waals surface area contributed by atoms with Gasteiger partial charge in [-0.15, -0.1) is 0 Å².